The third-order valence-electron chi connectivity index (χ3n) is 4.18. The molecule has 2 fully saturated rings. The van der Waals surface area contributed by atoms with E-state index in [1.54, 1.807) is 12.1 Å². The van der Waals surface area contributed by atoms with Gasteiger partial charge in [0, 0.05) is 19.1 Å². The summed E-state index contributed by atoms with van der Waals surface area (Å²) >= 11 is 0. The van der Waals surface area contributed by atoms with Crippen LogP contribution in [0.25, 0.3) is 0 Å². The molecule has 5 heteroatoms. The van der Waals surface area contributed by atoms with Crippen LogP contribution in [0.4, 0.5) is 0 Å². The quantitative estimate of drug-likeness (QED) is 0.885. The summed E-state index contributed by atoms with van der Waals surface area (Å²) < 4.78 is 5.44. The monoisotopic (exact) mass is 263 g/mol. The SMILES string of the molecule is NCc1ccc(C(=O)N2CCC(N3CCCC3)C2)o1. The van der Waals surface area contributed by atoms with Crippen molar-refractivity contribution >= 4 is 5.91 Å². The van der Waals surface area contributed by atoms with Crippen LogP contribution in [0.15, 0.2) is 16.5 Å². The number of nitrogens with zero attached hydrogens (tertiary/aromatic N) is 2. The first-order chi connectivity index (χ1) is 9.28. The van der Waals surface area contributed by atoms with Crippen LogP contribution in [0.3, 0.4) is 0 Å². The van der Waals surface area contributed by atoms with Crippen LogP contribution < -0.4 is 5.73 Å². The van der Waals surface area contributed by atoms with Crippen LogP contribution in [-0.4, -0.2) is 47.9 Å². The Hall–Kier alpha value is -1.33. The van der Waals surface area contributed by atoms with Crippen LogP contribution in [0.5, 0.6) is 0 Å². The van der Waals surface area contributed by atoms with E-state index in [0.717, 1.165) is 19.5 Å². The van der Waals surface area contributed by atoms with E-state index in [1.165, 1.54) is 25.9 Å². The normalized spacial score (nSPS) is 24.3. The molecule has 2 aliphatic rings. The first kappa shape index (κ1) is 12.7. The molecule has 5 nitrogen and oxygen atoms in total. The molecule has 104 valence electrons. The van der Waals surface area contributed by atoms with E-state index in [1.807, 2.05) is 4.90 Å². The highest BCUT2D eigenvalue weighted by atomic mass is 16.4. The average molecular weight is 263 g/mol. The molecule has 0 aliphatic carbocycles. The molecular weight excluding hydrogens is 242 g/mol. The molecule has 2 saturated heterocycles. The predicted octanol–water partition coefficient (Wildman–Crippen LogP) is 1.05. The van der Waals surface area contributed by atoms with Crippen molar-refractivity contribution < 1.29 is 9.21 Å². The Morgan fingerprint density at radius 3 is 2.79 bits per heavy atom. The maximum atomic E-state index is 12.3. The van der Waals surface area contributed by atoms with Gasteiger partial charge in [0.2, 0.25) is 0 Å². The zero-order chi connectivity index (χ0) is 13.2. The zero-order valence-corrected chi connectivity index (χ0v) is 11.2. The highest BCUT2D eigenvalue weighted by Gasteiger charge is 2.32. The van der Waals surface area contributed by atoms with Gasteiger partial charge in [-0.2, -0.15) is 0 Å². The lowest BCUT2D eigenvalue weighted by atomic mass is 10.2. The van der Waals surface area contributed by atoms with Crippen LogP contribution in [-0.2, 0) is 6.54 Å². The summed E-state index contributed by atoms with van der Waals surface area (Å²) in [7, 11) is 0. The summed E-state index contributed by atoms with van der Waals surface area (Å²) in [5, 5.41) is 0. The summed E-state index contributed by atoms with van der Waals surface area (Å²) in [6.45, 7) is 4.37. The lowest BCUT2D eigenvalue weighted by Gasteiger charge is -2.23. The molecule has 1 unspecified atom stereocenters. The second-order valence-corrected chi connectivity index (χ2v) is 5.41. The molecule has 0 bridgehead atoms. The number of amides is 1. The average Bonchev–Trinajstić information content (AvgIpc) is 3.16. The molecule has 3 rings (SSSR count). The first-order valence-electron chi connectivity index (χ1n) is 7.10. The largest absolute Gasteiger partial charge is 0.455 e. The highest BCUT2D eigenvalue weighted by Crippen LogP contribution is 2.22. The second kappa shape index (κ2) is 5.35. The smallest absolute Gasteiger partial charge is 0.289 e. The minimum atomic E-state index is 0.00129. The number of nitrogens with two attached hydrogens (primary N) is 1. The van der Waals surface area contributed by atoms with Gasteiger partial charge in [-0.25, -0.2) is 0 Å². The minimum absolute atomic E-state index is 0.00129. The molecule has 1 aromatic heterocycles. The van der Waals surface area contributed by atoms with E-state index < -0.39 is 0 Å². The van der Waals surface area contributed by atoms with Crippen molar-refractivity contribution in [1.29, 1.82) is 0 Å². The molecule has 2 aliphatic heterocycles. The maximum absolute atomic E-state index is 12.3. The molecule has 0 radical (unpaired) electrons. The van der Waals surface area contributed by atoms with E-state index in [0.29, 0.717) is 24.1 Å². The van der Waals surface area contributed by atoms with Crippen molar-refractivity contribution in [1.82, 2.24) is 9.80 Å². The van der Waals surface area contributed by atoms with E-state index >= 15 is 0 Å². The number of likely N-dealkylation sites (tertiary alicyclic amines) is 2. The fourth-order valence-corrected chi connectivity index (χ4v) is 3.09. The molecule has 0 saturated carbocycles. The fourth-order valence-electron chi connectivity index (χ4n) is 3.09. The van der Waals surface area contributed by atoms with Crippen molar-refractivity contribution in [3.8, 4) is 0 Å². The van der Waals surface area contributed by atoms with Crippen molar-refractivity contribution in [3.05, 3.63) is 23.7 Å². The number of carbonyl (C=O) groups is 1. The van der Waals surface area contributed by atoms with Gasteiger partial charge in [0.25, 0.3) is 5.91 Å². The van der Waals surface area contributed by atoms with Crippen LogP contribution in [0.1, 0.15) is 35.6 Å². The number of hydrogen-bond donors (Lipinski definition) is 1. The van der Waals surface area contributed by atoms with E-state index in [-0.39, 0.29) is 5.91 Å². The first-order valence-corrected chi connectivity index (χ1v) is 7.10. The molecule has 1 aromatic rings. The van der Waals surface area contributed by atoms with Gasteiger partial charge in [-0.3, -0.25) is 9.69 Å². The number of furan rings is 1. The number of carbonyl (C=O) groups excluding carboxylic acids is 1. The van der Waals surface area contributed by atoms with Gasteiger partial charge in [0.05, 0.1) is 6.54 Å². The topological polar surface area (TPSA) is 62.7 Å². The Morgan fingerprint density at radius 2 is 2.11 bits per heavy atom. The molecule has 2 N–H and O–H groups in total. The van der Waals surface area contributed by atoms with Crippen LogP contribution >= 0.6 is 0 Å². The molecule has 3 heterocycles. The Kier molecular flexibility index (Phi) is 3.57. The van der Waals surface area contributed by atoms with Crippen LogP contribution in [0.2, 0.25) is 0 Å². The molecule has 0 spiro atoms. The Balaban J connectivity index is 1.62. The summed E-state index contributed by atoms with van der Waals surface area (Å²) in [4.78, 5) is 16.7. The summed E-state index contributed by atoms with van der Waals surface area (Å²) in [6.07, 6.45) is 3.67. The lowest BCUT2D eigenvalue weighted by Crippen LogP contribution is -2.37. The van der Waals surface area contributed by atoms with E-state index in [4.69, 9.17) is 10.2 Å². The minimum Gasteiger partial charge on any atom is -0.455 e. The Bertz CT molecular complexity index is 451. The summed E-state index contributed by atoms with van der Waals surface area (Å²) in [5.74, 6) is 1.09. The third kappa shape index (κ3) is 2.53. The Labute approximate surface area is 113 Å². The van der Waals surface area contributed by atoms with Crippen LogP contribution in [0, 0.1) is 0 Å². The van der Waals surface area contributed by atoms with Gasteiger partial charge in [0.15, 0.2) is 5.76 Å². The molecule has 19 heavy (non-hydrogen) atoms. The fraction of sp³-hybridized carbons (Fsp3) is 0.643. The molecular formula is C14H21N3O2. The van der Waals surface area contributed by atoms with Gasteiger partial charge in [-0.15, -0.1) is 0 Å². The van der Waals surface area contributed by atoms with Gasteiger partial charge in [0.1, 0.15) is 5.76 Å². The van der Waals surface area contributed by atoms with Gasteiger partial charge >= 0.3 is 0 Å². The van der Waals surface area contributed by atoms with Crippen molar-refractivity contribution in [2.45, 2.75) is 31.8 Å². The number of hydrogen-bond acceptors (Lipinski definition) is 4. The number of rotatable bonds is 3. The molecule has 1 amide bonds. The van der Waals surface area contributed by atoms with Crippen molar-refractivity contribution in [3.63, 3.8) is 0 Å². The third-order valence-corrected chi connectivity index (χ3v) is 4.18. The standard InChI is InChI=1S/C14H21N3O2/c15-9-12-3-4-13(19-12)14(18)17-8-5-11(10-17)16-6-1-2-7-16/h3-4,11H,1-2,5-10,15H2. The summed E-state index contributed by atoms with van der Waals surface area (Å²) in [6, 6.07) is 4.05. The molecule has 0 aromatic carbocycles. The van der Waals surface area contributed by atoms with E-state index in [2.05, 4.69) is 4.90 Å². The zero-order valence-electron chi connectivity index (χ0n) is 11.2. The van der Waals surface area contributed by atoms with E-state index in [9.17, 15) is 4.79 Å². The van der Waals surface area contributed by atoms with Crippen molar-refractivity contribution in [2.75, 3.05) is 26.2 Å². The second-order valence-electron chi connectivity index (χ2n) is 5.41. The summed E-state index contributed by atoms with van der Waals surface area (Å²) in [5.41, 5.74) is 5.50. The maximum Gasteiger partial charge on any atom is 0.289 e. The highest BCUT2D eigenvalue weighted by molar-refractivity contribution is 5.91. The van der Waals surface area contributed by atoms with Gasteiger partial charge < -0.3 is 15.1 Å². The molecule has 1 atom stereocenters. The van der Waals surface area contributed by atoms with Gasteiger partial charge in [-0.1, -0.05) is 0 Å². The Morgan fingerprint density at radius 1 is 1.32 bits per heavy atom. The van der Waals surface area contributed by atoms with Crippen molar-refractivity contribution in [2.24, 2.45) is 5.73 Å². The van der Waals surface area contributed by atoms with Gasteiger partial charge in [-0.05, 0) is 44.5 Å². The lowest BCUT2D eigenvalue weighted by molar-refractivity contribution is 0.0746. The predicted molar refractivity (Wildman–Crippen MR) is 71.7 cm³/mol.